The molecule has 0 atom stereocenters. The Labute approximate surface area is 247 Å². The zero-order chi connectivity index (χ0) is 29.3. The van der Waals surface area contributed by atoms with Crippen LogP contribution >= 0.6 is 11.3 Å². The molecule has 7 nitrogen and oxygen atoms in total. The molecule has 42 heavy (non-hydrogen) atoms. The zero-order valence-corrected chi connectivity index (χ0v) is 24.0. The number of carbonyl (C=O) groups excluding carboxylic acids is 1. The van der Waals surface area contributed by atoms with Gasteiger partial charge >= 0.3 is 0 Å². The van der Waals surface area contributed by atoms with Crippen LogP contribution in [0, 0.1) is 12.7 Å². The Bertz CT molecular complexity index is 1680. The Hall–Kier alpha value is -5.02. The summed E-state index contributed by atoms with van der Waals surface area (Å²) < 4.78 is 25.0. The predicted octanol–water partition coefficient (Wildman–Crippen LogP) is 7.74. The molecular formula is C33H29FN4O3S. The summed E-state index contributed by atoms with van der Waals surface area (Å²) in [7, 11) is 0. The van der Waals surface area contributed by atoms with Gasteiger partial charge in [-0.2, -0.15) is 5.10 Å². The lowest BCUT2D eigenvalue weighted by atomic mass is 10.1. The highest BCUT2D eigenvalue weighted by atomic mass is 32.1. The van der Waals surface area contributed by atoms with Gasteiger partial charge in [0.2, 0.25) is 0 Å². The summed E-state index contributed by atoms with van der Waals surface area (Å²) in [6.45, 7) is 4.57. The topological polar surface area (TPSA) is 84.8 Å². The van der Waals surface area contributed by atoms with Gasteiger partial charge in [0.05, 0.1) is 18.5 Å². The summed E-state index contributed by atoms with van der Waals surface area (Å²) in [5.74, 6) is 0.406. The first-order chi connectivity index (χ1) is 20.5. The third-order valence-corrected chi connectivity index (χ3v) is 6.94. The van der Waals surface area contributed by atoms with Crippen LogP contribution in [0.2, 0.25) is 0 Å². The van der Waals surface area contributed by atoms with E-state index in [0.717, 1.165) is 22.1 Å². The SMILES string of the molecule is CCOc1cc(/C=N\NC(=O)c2ccc(-c3csc(Nc4ccc(C)cc4)n3)cc2)ccc1OCc1cccc(F)c1. The summed E-state index contributed by atoms with van der Waals surface area (Å²) in [6, 6.07) is 26.9. The van der Waals surface area contributed by atoms with Crippen LogP contribution in [0.15, 0.2) is 101 Å². The van der Waals surface area contributed by atoms with E-state index >= 15 is 0 Å². The van der Waals surface area contributed by atoms with E-state index in [1.54, 1.807) is 42.5 Å². The number of hydrazone groups is 1. The number of halogens is 1. The van der Waals surface area contributed by atoms with Crippen LogP contribution in [0.25, 0.3) is 11.3 Å². The number of benzene rings is 4. The molecule has 1 heterocycles. The standard InChI is InChI=1S/C33H29FN4O3S/c1-3-40-31-18-23(9-16-30(31)41-20-24-5-4-6-27(34)17-24)19-35-38-32(39)26-12-10-25(11-13-26)29-21-42-33(37-29)36-28-14-7-22(2)8-15-28/h4-19,21H,3,20H2,1-2H3,(H,36,37)(H,38,39)/b35-19-. The first kappa shape index (κ1) is 28.5. The first-order valence-electron chi connectivity index (χ1n) is 13.3. The maximum Gasteiger partial charge on any atom is 0.271 e. The highest BCUT2D eigenvalue weighted by Crippen LogP contribution is 2.29. The second-order valence-electron chi connectivity index (χ2n) is 9.36. The summed E-state index contributed by atoms with van der Waals surface area (Å²) in [6.07, 6.45) is 1.53. The number of carbonyl (C=O) groups is 1. The van der Waals surface area contributed by atoms with Crippen molar-refractivity contribution in [3.63, 3.8) is 0 Å². The van der Waals surface area contributed by atoms with E-state index in [0.29, 0.717) is 34.8 Å². The summed E-state index contributed by atoms with van der Waals surface area (Å²) in [4.78, 5) is 17.3. The number of hydrogen-bond acceptors (Lipinski definition) is 7. The van der Waals surface area contributed by atoms with Crippen LogP contribution in [0.5, 0.6) is 11.5 Å². The van der Waals surface area contributed by atoms with Crippen molar-refractivity contribution in [2.75, 3.05) is 11.9 Å². The minimum Gasteiger partial charge on any atom is -0.490 e. The van der Waals surface area contributed by atoms with Gasteiger partial charge < -0.3 is 14.8 Å². The number of anilines is 2. The van der Waals surface area contributed by atoms with Gasteiger partial charge in [-0.25, -0.2) is 14.8 Å². The number of rotatable bonds is 11. The normalized spacial score (nSPS) is 10.9. The van der Waals surface area contributed by atoms with E-state index in [4.69, 9.17) is 9.47 Å². The van der Waals surface area contributed by atoms with Gasteiger partial charge in [-0.15, -0.1) is 11.3 Å². The van der Waals surface area contributed by atoms with Crippen LogP contribution < -0.4 is 20.2 Å². The van der Waals surface area contributed by atoms with E-state index in [2.05, 4.69) is 27.8 Å². The number of ether oxygens (including phenoxy) is 2. The number of thiazole rings is 1. The number of aromatic nitrogens is 1. The van der Waals surface area contributed by atoms with Crippen molar-refractivity contribution in [2.24, 2.45) is 5.10 Å². The molecule has 0 saturated heterocycles. The molecule has 0 spiro atoms. The van der Waals surface area contributed by atoms with Gasteiger partial charge in [0.15, 0.2) is 16.6 Å². The monoisotopic (exact) mass is 580 g/mol. The maximum absolute atomic E-state index is 13.5. The van der Waals surface area contributed by atoms with E-state index in [-0.39, 0.29) is 18.3 Å². The van der Waals surface area contributed by atoms with Crippen molar-refractivity contribution in [2.45, 2.75) is 20.5 Å². The summed E-state index contributed by atoms with van der Waals surface area (Å²) in [5, 5.41) is 10.2. The molecule has 9 heteroatoms. The highest BCUT2D eigenvalue weighted by molar-refractivity contribution is 7.14. The van der Waals surface area contributed by atoms with Crippen molar-refractivity contribution in [1.29, 1.82) is 0 Å². The lowest BCUT2D eigenvalue weighted by Gasteiger charge is -2.12. The van der Waals surface area contributed by atoms with Crippen molar-refractivity contribution in [1.82, 2.24) is 10.4 Å². The molecule has 0 aliphatic rings. The number of aryl methyl sites for hydroxylation is 1. The predicted molar refractivity (Wildman–Crippen MR) is 165 cm³/mol. The molecule has 0 radical (unpaired) electrons. The fourth-order valence-electron chi connectivity index (χ4n) is 4.03. The minimum absolute atomic E-state index is 0.202. The molecule has 4 aromatic carbocycles. The van der Waals surface area contributed by atoms with Gasteiger partial charge in [0.1, 0.15) is 12.4 Å². The Morgan fingerprint density at radius 3 is 2.55 bits per heavy atom. The van der Waals surface area contributed by atoms with E-state index < -0.39 is 0 Å². The molecule has 0 unspecified atom stereocenters. The Morgan fingerprint density at radius 1 is 0.976 bits per heavy atom. The number of nitrogens with zero attached hydrogens (tertiary/aromatic N) is 2. The Kier molecular flexibility index (Phi) is 9.20. The molecule has 2 N–H and O–H groups in total. The molecule has 0 bridgehead atoms. The van der Waals surface area contributed by atoms with Crippen molar-refractivity contribution >= 4 is 34.3 Å². The molecule has 1 amide bonds. The number of nitrogens with one attached hydrogen (secondary N) is 2. The van der Waals surface area contributed by atoms with Crippen molar-refractivity contribution in [3.05, 3.63) is 124 Å². The highest BCUT2D eigenvalue weighted by Gasteiger charge is 2.10. The van der Waals surface area contributed by atoms with Gasteiger partial charge in [-0.05, 0) is 79.6 Å². The second kappa shape index (κ2) is 13.6. The second-order valence-corrected chi connectivity index (χ2v) is 10.2. The van der Waals surface area contributed by atoms with Gasteiger partial charge in [-0.1, -0.05) is 42.0 Å². The zero-order valence-electron chi connectivity index (χ0n) is 23.1. The number of hydrogen-bond donors (Lipinski definition) is 2. The van der Waals surface area contributed by atoms with E-state index in [1.165, 1.54) is 35.2 Å². The first-order valence-corrected chi connectivity index (χ1v) is 14.2. The van der Waals surface area contributed by atoms with Crippen LogP contribution in [0.1, 0.15) is 34.0 Å². The molecule has 0 aliphatic heterocycles. The quantitative estimate of drug-likeness (QED) is 0.123. The van der Waals surface area contributed by atoms with Crippen LogP contribution in [-0.4, -0.2) is 23.7 Å². The average Bonchev–Trinajstić information content (AvgIpc) is 3.46. The third-order valence-electron chi connectivity index (χ3n) is 6.18. The smallest absolute Gasteiger partial charge is 0.271 e. The molecule has 212 valence electrons. The molecule has 0 saturated carbocycles. The van der Waals surface area contributed by atoms with Crippen LogP contribution in [0.4, 0.5) is 15.2 Å². The maximum atomic E-state index is 13.5. The van der Waals surface area contributed by atoms with Crippen LogP contribution in [0.3, 0.4) is 0 Å². The van der Waals surface area contributed by atoms with Gasteiger partial charge in [0.25, 0.3) is 5.91 Å². The average molecular weight is 581 g/mol. The third kappa shape index (κ3) is 7.58. The summed E-state index contributed by atoms with van der Waals surface area (Å²) >= 11 is 1.52. The fourth-order valence-corrected chi connectivity index (χ4v) is 4.77. The molecule has 5 rings (SSSR count). The van der Waals surface area contributed by atoms with Crippen LogP contribution in [-0.2, 0) is 6.61 Å². The molecular weight excluding hydrogens is 551 g/mol. The lowest BCUT2D eigenvalue weighted by molar-refractivity contribution is 0.0955. The Morgan fingerprint density at radius 2 is 1.79 bits per heavy atom. The van der Waals surface area contributed by atoms with Gasteiger partial charge in [0, 0.05) is 22.2 Å². The largest absolute Gasteiger partial charge is 0.490 e. The lowest BCUT2D eigenvalue weighted by Crippen LogP contribution is -2.17. The van der Waals surface area contributed by atoms with Crippen molar-refractivity contribution in [3.8, 4) is 22.8 Å². The minimum atomic E-state index is -0.335. The Balaban J connectivity index is 1.17. The van der Waals surface area contributed by atoms with Crippen molar-refractivity contribution < 1.29 is 18.7 Å². The van der Waals surface area contributed by atoms with Gasteiger partial charge in [-0.3, -0.25) is 4.79 Å². The molecule has 0 fully saturated rings. The van der Waals surface area contributed by atoms with E-state index in [9.17, 15) is 9.18 Å². The molecule has 0 aliphatic carbocycles. The van der Waals surface area contributed by atoms with E-state index in [1.807, 2.05) is 48.7 Å². The molecule has 1 aromatic heterocycles. The fraction of sp³-hybridized carbons (Fsp3) is 0.121. The molecule has 5 aromatic rings. The number of amides is 1. The summed E-state index contributed by atoms with van der Waals surface area (Å²) in [5.41, 5.74) is 8.37.